The number of morpholine rings is 1. The molecular formula is C26H37N5O. The number of aliphatic imine (C=N–C) groups is 1. The first kappa shape index (κ1) is 21.8. The molecule has 0 bridgehead atoms. The molecule has 4 aliphatic rings. The van der Waals surface area contributed by atoms with Crippen LogP contribution in [0.3, 0.4) is 0 Å². The number of aromatic nitrogens is 1. The van der Waals surface area contributed by atoms with E-state index in [0.717, 1.165) is 38.7 Å². The van der Waals surface area contributed by atoms with Crippen molar-refractivity contribution in [2.24, 2.45) is 4.99 Å². The van der Waals surface area contributed by atoms with E-state index in [9.17, 15) is 0 Å². The number of pyridine rings is 1. The second-order valence-electron chi connectivity index (χ2n) is 9.63. The average Bonchev–Trinajstić information content (AvgIpc) is 3.19. The van der Waals surface area contributed by atoms with Crippen molar-refractivity contribution in [1.29, 1.82) is 0 Å². The predicted octanol–water partition coefficient (Wildman–Crippen LogP) is 3.56. The van der Waals surface area contributed by atoms with E-state index in [-0.39, 0.29) is 0 Å². The van der Waals surface area contributed by atoms with Gasteiger partial charge in [-0.25, -0.2) is 0 Å². The van der Waals surface area contributed by atoms with Crippen molar-refractivity contribution in [1.82, 2.24) is 19.7 Å². The van der Waals surface area contributed by atoms with Crippen LogP contribution >= 0.6 is 0 Å². The molecule has 6 heteroatoms. The van der Waals surface area contributed by atoms with Gasteiger partial charge in [0.15, 0.2) is 0 Å². The number of ether oxygens (including phenoxy) is 1. The maximum atomic E-state index is 5.52. The number of hydrogen-bond acceptors (Lipinski definition) is 6. The van der Waals surface area contributed by atoms with Gasteiger partial charge in [-0.3, -0.25) is 19.8 Å². The van der Waals surface area contributed by atoms with E-state index in [4.69, 9.17) is 14.7 Å². The van der Waals surface area contributed by atoms with Crippen LogP contribution in [0, 0.1) is 6.92 Å². The normalized spacial score (nSPS) is 31.1. The Bertz CT molecular complexity index is 875. The summed E-state index contributed by atoms with van der Waals surface area (Å²) in [6.45, 7) is 7.24. The fourth-order valence-electron chi connectivity index (χ4n) is 5.99. The highest BCUT2D eigenvalue weighted by Gasteiger charge is 2.43. The third kappa shape index (κ3) is 4.41. The predicted molar refractivity (Wildman–Crippen MR) is 129 cm³/mol. The molecule has 4 aliphatic heterocycles. The number of fused-ring (bicyclic) bond motifs is 1. The molecule has 5 heterocycles. The summed E-state index contributed by atoms with van der Waals surface area (Å²) < 4.78 is 5.52. The van der Waals surface area contributed by atoms with E-state index in [0.29, 0.717) is 24.2 Å². The molecule has 2 fully saturated rings. The monoisotopic (exact) mass is 435 g/mol. The second-order valence-corrected chi connectivity index (χ2v) is 9.63. The molecule has 2 unspecified atom stereocenters. The quantitative estimate of drug-likeness (QED) is 0.684. The Morgan fingerprint density at radius 2 is 2.03 bits per heavy atom. The summed E-state index contributed by atoms with van der Waals surface area (Å²) in [5.74, 6) is 1.14. The topological polar surface area (TPSA) is 44.2 Å². The zero-order valence-electron chi connectivity index (χ0n) is 19.6. The van der Waals surface area contributed by atoms with Crippen molar-refractivity contribution in [3.63, 3.8) is 0 Å². The third-order valence-corrected chi connectivity index (χ3v) is 7.73. The molecule has 4 atom stereocenters. The van der Waals surface area contributed by atoms with E-state index in [1.807, 2.05) is 12.3 Å². The van der Waals surface area contributed by atoms with Gasteiger partial charge in [0.05, 0.1) is 37.0 Å². The Balaban J connectivity index is 1.32. The molecule has 0 spiro atoms. The number of hydrogen-bond donors (Lipinski definition) is 0. The Kier molecular flexibility index (Phi) is 6.72. The number of amidine groups is 1. The van der Waals surface area contributed by atoms with Crippen LogP contribution in [-0.4, -0.2) is 83.5 Å². The van der Waals surface area contributed by atoms with Crippen LogP contribution < -0.4 is 0 Å². The lowest BCUT2D eigenvalue weighted by atomic mass is 9.85. The van der Waals surface area contributed by atoms with Gasteiger partial charge >= 0.3 is 0 Å². The molecule has 172 valence electrons. The molecule has 2 saturated heterocycles. The maximum absolute atomic E-state index is 5.52. The Morgan fingerprint density at radius 3 is 2.88 bits per heavy atom. The lowest BCUT2D eigenvalue weighted by Crippen LogP contribution is -2.51. The fourth-order valence-corrected chi connectivity index (χ4v) is 5.99. The van der Waals surface area contributed by atoms with Gasteiger partial charge in [-0.2, -0.15) is 0 Å². The number of likely N-dealkylation sites (N-methyl/N-ethyl adjacent to an activating group) is 1. The number of likely N-dealkylation sites (tertiary alicyclic amines) is 1. The van der Waals surface area contributed by atoms with Crippen LogP contribution in [0.2, 0.25) is 0 Å². The number of rotatable bonds is 6. The Morgan fingerprint density at radius 1 is 1.16 bits per heavy atom. The Hall–Kier alpha value is -2.02. The number of allylic oxidation sites excluding steroid dienone is 2. The van der Waals surface area contributed by atoms with Crippen molar-refractivity contribution < 1.29 is 4.74 Å². The fraction of sp³-hybridized carbons (Fsp3) is 0.615. The smallest absolute Gasteiger partial charge is 0.128 e. The van der Waals surface area contributed by atoms with Gasteiger partial charge in [0.25, 0.3) is 0 Å². The lowest BCUT2D eigenvalue weighted by molar-refractivity contribution is 0.0358. The summed E-state index contributed by atoms with van der Waals surface area (Å²) in [6, 6.07) is 5.81. The third-order valence-electron chi connectivity index (χ3n) is 7.73. The van der Waals surface area contributed by atoms with E-state index in [2.05, 4.69) is 59.2 Å². The van der Waals surface area contributed by atoms with Crippen molar-refractivity contribution in [3.05, 3.63) is 54.0 Å². The Labute approximate surface area is 192 Å². The van der Waals surface area contributed by atoms with Gasteiger partial charge in [0.1, 0.15) is 5.84 Å². The van der Waals surface area contributed by atoms with Gasteiger partial charge in [0, 0.05) is 31.5 Å². The largest absolute Gasteiger partial charge is 0.379 e. The molecule has 0 amide bonds. The summed E-state index contributed by atoms with van der Waals surface area (Å²) in [6.07, 6.45) is 16.6. The van der Waals surface area contributed by atoms with E-state index < -0.39 is 0 Å². The first-order valence-corrected chi connectivity index (χ1v) is 12.4. The van der Waals surface area contributed by atoms with E-state index in [1.165, 1.54) is 43.4 Å². The standard InChI is InChI=1S/C26H37N5O/c1-20-8-6-13-27-25(20)21-9-5-10-22(29(21)2)26-23(31-15-4-3-12-24(31)28-26)11-7-14-30-16-18-32-19-17-30/h3-4,6,8,12-13,15,21-23,26H,5,7,9-11,14,16-19H2,1-2H3/t21-,22+,23?,26?/m0/s1. The van der Waals surface area contributed by atoms with Crippen molar-refractivity contribution in [3.8, 4) is 0 Å². The summed E-state index contributed by atoms with van der Waals surface area (Å²) in [5.41, 5.74) is 2.54. The van der Waals surface area contributed by atoms with Gasteiger partial charge in [-0.1, -0.05) is 12.1 Å². The summed E-state index contributed by atoms with van der Waals surface area (Å²) >= 11 is 0. The van der Waals surface area contributed by atoms with Crippen LogP contribution in [0.1, 0.15) is 49.4 Å². The minimum Gasteiger partial charge on any atom is -0.379 e. The van der Waals surface area contributed by atoms with Gasteiger partial charge in [-0.05, 0) is 76.4 Å². The zero-order valence-corrected chi connectivity index (χ0v) is 19.6. The number of aryl methyl sites for hydroxylation is 1. The van der Waals surface area contributed by atoms with Crippen LogP contribution in [0.15, 0.2) is 47.7 Å². The molecule has 0 aliphatic carbocycles. The molecule has 1 aromatic rings. The summed E-state index contributed by atoms with van der Waals surface area (Å²) in [7, 11) is 2.30. The SMILES string of the molecule is Cc1cccnc1[C@@H]1CCC[C@H](C2N=C3C=CC=CN3C2CCCN2CCOCC2)N1C. The minimum atomic E-state index is 0.305. The molecule has 5 rings (SSSR count). The van der Waals surface area contributed by atoms with Crippen LogP contribution in [-0.2, 0) is 4.74 Å². The first-order chi connectivity index (χ1) is 15.7. The molecule has 0 radical (unpaired) electrons. The molecular weight excluding hydrogens is 398 g/mol. The first-order valence-electron chi connectivity index (χ1n) is 12.4. The number of piperidine rings is 1. The highest BCUT2D eigenvalue weighted by molar-refractivity contribution is 5.96. The van der Waals surface area contributed by atoms with Crippen molar-refractivity contribution in [2.75, 3.05) is 39.9 Å². The minimum absolute atomic E-state index is 0.305. The van der Waals surface area contributed by atoms with Gasteiger partial charge in [0.2, 0.25) is 0 Å². The van der Waals surface area contributed by atoms with E-state index >= 15 is 0 Å². The summed E-state index contributed by atoms with van der Waals surface area (Å²) in [4.78, 5) is 17.6. The highest BCUT2D eigenvalue weighted by atomic mass is 16.5. The highest BCUT2D eigenvalue weighted by Crippen LogP contribution is 2.39. The van der Waals surface area contributed by atoms with Gasteiger partial charge < -0.3 is 9.64 Å². The zero-order chi connectivity index (χ0) is 21.9. The van der Waals surface area contributed by atoms with Crippen molar-refractivity contribution in [2.45, 2.75) is 63.2 Å². The maximum Gasteiger partial charge on any atom is 0.128 e. The lowest BCUT2D eigenvalue weighted by Gasteiger charge is -2.43. The molecule has 1 aromatic heterocycles. The molecule has 0 N–H and O–H groups in total. The molecule has 6 nitrogen and oxygen atoms in total. The van der Waals surface area contributed by atoms with Crippen LogP contribution in [0.5, 0.6) is 0 Å². The molecule has 32 heavy (non-hydrogen) atoms. The van der Waals surface area contributed by atoms with Crippen LogP contribution in [0.4, 0.5) is 0 Å². The average molecular weight is 436 g/mol. The van der Waals surface area contributed by atoms with Crippen LogP contribution in [0.25, 0.3) is 0 Å². The van der Waals surface area contributed by atoms with E-state index in [1.54, 1.807) is 0 Å². The summed E-state index contributed by atoms with van der Waals surface area (Å²) in [5, 5.41) is 0. The van der Waals surface area contributed by atoms with Crippen molar-refractivity contribution >= 4 is 5.84 Å². The second kappa shape index (κ2) is 9.86. The number of nitrogens with zero attached hydrogens (tertiary/aromatic N) is 5. The van der Waals surface area contributed by atoms with Gasteiger partial charge in [-0.15, -0.1) is 0 Å². The molecule has 0 aromatic carbocycles. The molecule has 0 saturated carbocycles.